The van der Waals surface area contributed by atoms with Gasteiger partial charge in [0.25, 0.3) is 0 Å². The molecule has 0 saturated carbocycles. The van der Waals surface area contributed by atoms with E-state index in [9.17, 15) is 9.59 Å². The molecule has 1 aromatic carbocycles. The van der Waals surface area contributed by atoms with Gasteiger partial charge >= 0.3 is 0 Å². The van der Waals surface area contributed by atoms with Crippen molar-refractivity contribution in [2.24, 2.45) is 0 Å². The van der Waals surface area contributed by atoms with E-state index in [-0.39, 0.29) is 24.4 Å². The second-order valence-electron chi connectivity index (χ2n) is 5.38. The van der Waals surface area contributed by atoms with Crippen molar-refractivity contribution in [1.82, 2.24) is 15.5 Å². The summed E-state index contributed by atoms with van der Waals surface area (Å²) in [4.78, 5) is 25.7. The number of nitrogens with zero attached hydrogens (tertiary/aromatic N) is 2. The molecule has 1 unspecified atom stereocenters. The molecule has 6 nitrogen and oxygen atoms in total. The molecule has 1 fully saturated rings. The molecule has 0 aromatic heterocycles. The first-order valence-corrected chi connectivity index (χ1v) is 7.37. The van der Waals surface area contributed by atoms with E-state index >= 15 is 0 Å². The van der Waals surface area contributed by atoms with Gasteiger partial charge in [-0.1, -0.05) is 12.1 Å². The number of carbonyl (C=O) groups is 2. The average Bonchev–Trinajstić information content (AvgIpc) is 2.69. The van der Waals surface area contributed by atoms with Gasteiger partial charge < -0.3 is 10.6 Å². The van der Waals surface area contributed by atoms with Gasteiger partial charge in [0.1, 0.15) is 0 Å². The highest BCUT2D eigenvalue weighted by atomic mass is 16.2. The topological polar surface area (TPSA) is 85.2 Å². The standard InChI is InChI=1S/C16H20N4O2/c1-12-16(22)18-6-3-7-20(12)11-15(21)19-10-14-5-2-4-13(8-14)9-17/h2,4-5,8,12H,3,6-7,10-11H2,1H3,(H,18,22)(H,19,21). The van der Waals surface area contributed by atoms with E-state index in [0.717, 1.165) is 18.5 Å². The Morgan fingerprint density at radius 1 is 1.55 bits per heavy atom. The Balaban J connectivity index is 1.87. The number of rotatable bonds is 4. The molecule has 0 bridgehead atoms. The lowest BCUT2D eigenvalue weighted by Crippen LogP contribution is -2.46. The van der Waals surface area contributed by atoms with Crippen molar-refractivity contribution in [3.63, 3.8) is 0 Å². The molecule has 1 aromatic rings. The number of hydrogen-bond donors (Lipinski definition) is 2. The summed E-state index contributed by atoms with van der Waals surface area (Å²) in [5, 5.41) is 14.5. The van der Waals surface area contributed by atoms with Crippen LogP contribution in [0.1, 0.15) is 24.5 Å². The molecule has 0 radical (unpaired) electrons. The quantitative estimate of drug-likeness (QED) is 0.842. The number of benzene rings is 1. The highest BCUT2D eigenvalue weighted by Gasteiger charge is 2.25. The zero-order chi connectivity index (χ0) is 15.9. The molecule has 1 aliphatic rings. The highest BCUT2D eigenvalue weighted by Crippen LogP contribution is 2.06. The van der Waals surface area contributed by atoms with E-state index in [2.05, 4.69) is 16.7 Å². The Labute approximate surface area is 130 Å². The number of amides is 2. The average molecular weight is 300 g/mol. The molecule has 1 aliphatic heterocycles. The van der Waals surface area contributed by atoms with Crippen molar-refractivity contribution < 1.29 is 9.59 Å². The summed E-state index contributed by atoms with van der Waals surface area (Å²) in [5.74, 6) is -0.157. The maximum atomic E-state index is 12.1. The van der Waals surface area contributed by atoms with E-state index in [4.69, 9.17) is 5.26 Å². The normalized spacial score (nSPS) is 18.9. The van der Waals surface area contributed by atoms with E-state index in [1.165, 1.54) is 0 Å². The Morgan fingerprint density at radius 3 is 3.14 bits per heavy atom. The molecular weight excluding hydrogens is 280 g/mol. The molecular formula is C16H20N4O2. The van der Waals surface area contributed by atoms with Gasteiger partial charge in [0, 0.05) is 19.6 Å². The zero-order valence-electron chi connectivity index (χ0n) is 12.6. The van der Waals surface area contributed by atoms with Gasteiger partial charge in [-0.25, -0.2) is 0 Å². The van der Waals surface area contributed by atoms with Gasteiger partial charge in [-0.05, 0) is 31.0 Å². The van der Waals surface area contributed by atoms with Crippen molar-refractivity contribution in [2.75, 3.05) is 19.6 Å². The molecule has 0 spiro atoms. The van der Waals surface area contributed by atoms with Crippen molar-refractivity contribution in [2.45, 2.75) is 25.9 Å². The van der Waals surface area contributed by atoms with E-state index in [1.54, 1.807) is 18.2 Å². The first-order valence-electron chi connectivity index (χ1n) is 7.37. The predicted octanol–water partition coefficient (Wildman–Crippen LogP) is 0.385. The zero-order valence-corrected chi connectivity index (χ0v) is 12.6. The van der Waals surface area contributed by atoms with Crippen molar-refractivity contribution in [1.29, 1.82) is 5.26 Å². The minimum Gasteiger partial charge on any atom is -0.355 e. The maximum absolute atomic E-state index is 12.1. The Morgan fingerprint density at radius 2 is 2.36 bits per heavy atom. The third kappa shape index (κ3) is 4.30. The molecule has 2 rings (SSSR count). The van der Waals surface area contributed by atoms with Crippen molar-refractivity contribution >= 4 is 11.8 Å². The van der Waals surface area contributed by atoms with Gasteiger partial charge in [-0.2, -0.15) is 5.26 Å². The largest absolute Gasteiger partial charge is 0.355 e. The third-order valence-corrected chi connectivity index (χ3v) is 3.74. The highest BCUT2D eigenvalue weighted by molar-refractivity contribution is 5.83. The fourth-order valence-electron chi connectivity index (χ4n) is 2.41. The molecule has 2 N–H and O–H groups in total. The third-order valence-electron chi connectivity index (χ3n) is 3.74. The molecule has 116 valence electrons. The molecule has 22 heavy (non-hydrogen) atoms. The van der Waals surface area contributed by atoms with Crippen LogP contribution >= 0.6 is 0 Å². The van der Waals surface area contributed by atoms with Crippen LogP contribution in [0.2, 0.25) is 0 Å². The second kappa shape index (κ2) is 7.57. The SMILES string of the molecule is CC1C(=O)NCCCN1CC(=O)NCc1cccc(C#N)c1. The van der Waals surface area contributed by atoms with E-state index in [1.807, 2.05) is 17.9 Å². The second-order valence-corrected chi connectivity index (χ2v) is 5.38. The van der Waals surface area contributed by atoms with Crippen LogP contribution in [0.3, 0.4) is 0 Å². The Bertz CT molecular complexity index is 594. The Hall–Kier alpha value is -2.39. The molecule has 2 amide bonds. The van der Waals surface area contributed by atoms with Gasteiger partial charge in [0.2, 0.25) is 11.8 Å². The molecule has 1 heterocycles. The summed E-state index contributed by atoms with van der Waals surface area (Å²) in [6, 6.07) is 8.91. The number of nitriles is 1. The van der Waals surface area contributed by atoms with Crippen LogP contribution in [-0.2, 0) is 16.1 Å². The van der Waals surface area contributed by atoms with Gasteiger partial charge in [0.15, 0.2) is 0 Å². The molecule has 6 heteroatoms. The molecule has 1 atom stereocenters. The number of hydrogen-bond acceptors (Lipinski definition) is 4. The number of carbonyl (C=O) groups excluding carboxylic acids is 2. The van der Waals surface area contributed by atoms with Crippen molar-refractivity contribution in [3.05, 3.63) is 35.4 Å². The van der Waals surface area contributed by atoms with Gasteiger partial charge in [-0.3, -0.25) is 14.5 Å². The summed E-state index contributed by atoms with van der Waals surface area (Å²) in [6.07, 6.45) is 0.841. The van der Waals surface area contributed by atoms with Crippen LogP contribution in [0, 0.1) is 11.3 Å². The summed E-state index contributed by atoms with van der Waals surface area (Å²) in [7, 11) is 0. The predicted molar refractivity (Wildman–Crippen MR) is 81.7 cm³/mol. The fraction of sp³-hybridized carbons (Fsp3) is 0.438. The van der Waals surface area contributed by atoms with Crippen LogP contribution in [-0.4, -0.2) is 42.4 Å². The lowest BCUT2D eigenvalue weighted by Gasteiger charge is -2.24. The number of nitrogens with one attached hydrogen (secondary N) is 2. The van der Waals surface area contributed by atoms with Gasteiger partial charge in [-0.15, -0.1) is 0 Å². The Kier molecular flexibility index (Phi) is 5.50. The summed E-state index contributed by atoms with van der Waals surface area (Å²) in [5.41, 5.74) is 1.46. The van der Waals surface area contributed by atoms with Gasteiger partial charge in [0.05, 0.1) is 24.2 Å². The smallest absolute Gasteiger partial charge is 0.237 e. The summed E-state index contributed by atoms with van der Waals surface area (Å²) in [6.45, 7) is 3.76. The van der Waals surface area contributed by atoms with Crippen LogP contribution in [0.5, 0.6) is 0 Å². The van der Waals surface area contributed by atoms with Crippen LogP contribution < -0.4 is 10.6 Å². The van der Waals surface area contributed by atoms with Crippen molar-refractivity contribution in [3.8, 4) is 6.07 Å². The van der Waals surface area contributed by atoms with Crippen LogP contribution in [0.4, 0.5) is 0 Å². The minimum absolute atomic E-state index is 0.0352. The van der Waals surface area contributed by atoms with E-state index in [0.29, 0.717) is 18.7 Å². The van der Waals surface area contributed by atoms with Crippen LogP contribution in [0.15, 0.2) is 24.3 Å². The maximum Gasteiger partial charge on any atom is 0.237 e. The van der Waals surface area contributed by atoms with Crippen LogP contribution in [0.25, 0.3) is 0 Å². The summed E-state index contributed by atoms with van der Waals surface area (Å²) >= 11 is 0. The summed E-state index contributed by atoms with van der Waals surface area (Å²) < 4.78 is 0. The fourth-order valence-corrected chi connectivity index (χ4v) is 2.41. The first-order chi connectivity index (χ1) is 10.6. The lowest BCUT2D eigenvalue weighted by molar-refractivity contribution is -0.127. The van der Waals surface area contributed by atoms with E-state index < -0.39 is 0 Å². The first kappa shape index (κ1) is 16.0. The minimum atomic E-state index is -0.296. The molecule has 1 saturated heterocycles. The lowest BCUT2D eigenvalue weighted by atomic mass is 10.1. The monoisotopic (exact) mass is 300 g/mol. The molecule has 0 aliphatic carbocycles.